The van der Waals surface area contributed by atoms with Crippen LogP contribution in [0.1, 0.15) is 5.69 Å². The van der Waals surface area contributed by atoms with Gasteiger partial charge in [-0.1, -0.05) is 6.07 Å². The molecule has 0 bridgehead atoms. The zero-order chi connectivity index (χ0) is 14.6. The lowest BCUT2D eigenvalue weighted by Crippen LogP contribution is -2.29. The molecule has 2 rings (SSSR count). The number of hydrogen-bond acceptors (Lipinski definition) is 5. The van der Waals surface area contributed by atoms with E-state index in [0.29, 0.717) is 18.8 Å². The number of hydrogen-bond donors (Lipinski definition) is 1. The van der Waals surface area contributed by atoms with Crippen LogP contribution < -0.4 is 5.73 Å². The maximum Gasteiger partial charge on any atom is 0.244 e. The fourth-order valence-electron chi connectivity index (χ4n) is 1.66. The second-order valence-electron chi connectivity index (χ2n) is 4.32. The first-order valence-electron chi connectivity index (χ1n) is 6.08. The molecule has 0 radical (unpaired) electrons. The highest BCUT2D eigenvalue weighted by Gasteiger charge is 2.20. The molecule has 2 aromatic heterocycles. The van der Waals surface area contributed by atoms with Crippen LogP contribution in [0.15, 0.2) is 47.6 Å². The van der Waals surface area contributed by atoms with Gasteiger partial charge in [0.1, 0.15) is 10.7 Å². The van der Waals surface area contributed by atoms with E-state index in [0.717, 1.165) is 5.69 Å². The molecule has 7 heteroatoms. The predicted octanol–water partition coefficient (Wildman–Crippen LogP) is 0.922. The second-order valence-corrected chi connectivity index (χ2v) is 6.36. The van der Waals surface area contributed by atoms with Crippen molar-refractivity contribution in [1.29, 1.82) is 0 Å². The number of anilines is 1. The Morgan fingerprint density at radius 2 is 2.00 bits per heavy atom. The Labute approximate surface area is 118 Å². The van der Waals surface area contributed by atoms with E-state index in [1.54, 1.807) is 6.20 Å². The van der Waals surface area contributed by atoms with Crippen molar-refractivity contribution in [3.63, 3.8) is 0 Å². The molecule has 0 spiro atoms. The number of nitrogens with zero attached hydrogens (tertiary/aromatic N) is 3. The van der Waals surface area contributed by atoms with Gasteiger partial charge < -0.3 is 5.73 Å². The first kappa shape index (κ1) is 14.4. The summed E-state index contributed by atoms with van der Waals surface area (Å²) >= 11 is 0. The van der Waals surface area contributed by atoms with Gasteiger partial charge in [0.2, 0.25) is 10.0 Å². The van der Waals surface area contributed by atoms with Crippen molar-refractivity contribution >= 4 is 15.8 Å². The molecule has 6 nitrogen and oxygen atoms in total. The van der Waals surface area contributed by atoms with Crippen LogP contribution in [0, 0.1) is 0 Å². The molecule has 0 aromatic carbocycles. The minimum Gasteiger partial charge on any atom is -0.384 e. The number of aromatic nitrogens is 2. The van der Waals surface area contributed by atoms with Crippen molar-refractivity contribution in [2.75, 3.05) is 19.3 Å². The zero-order valence-electron chi connectivity index (χ0n) is 11.1. The summed E-state index contributed by atoms with van der Waals surface area (Å²) in [5, 5.41) is 0. The highest BCUT2D eigenvalue weighted by Crippen LogP contribution is 2.14. The molecule has 2 aromatic rings. The summed E-state index contributed by atoms with van der Waals surface area (Å²) in [5.41, 5.74) is 6.30. The monoisotopic (exact) mass is 292 g/mol. The Kier molecular flexibility index (Phi) is 4.31. The third-order valence-electron chi connectivity index (χ3n) is 2.88. The Bertz CT molecular complexity index is 657. The Balaban J connectivity index is 2.08. The summed E-state index contributed by atoms with van der Waals surface area (Å²) in [6.07, 6.45) is 3.51. The largest absolute Gasteiger partial charge is 0.384 e. The van der Waals surface area contributed by atoms with E-state index in [-0.39, 0.29) is 4.90 Å². The molecule has 0 aliphatic carbocycles. The van der Waals surface area contributed by atoms with Crippen LogP contribution in [-0.4, -0.2) is 36.3 Å². The number of rotatable bonds is 5. The molecule has 0 atom stereocenters. The highest BCUT2D eigenvalue weighted by atomic mass is 32.2. The second kappa shape index (κ2) is 5.98. The van der Waals surface area contributed by atoms with Gasteiger partial charge in [-0.2, -0.15) is 0 Å². The minimum atomic E-state index is -3.54. The molecule has 0 aliphatic rings. The van der Waals surface area contributed by atoms with Crippen LogP contribution in [0.5, 0.6) is 0 Å². The lowest BCUT2D eigenvalue weighted by atomic mass is 10.3. The summed E-state index contributed by atoms with van der Waals surface area (Å²) in [5.74, 6) is 0.292. The number of sulfonamides is 1. The number of nitrogen functional groups attached to an aromatic ring is 1. The SMILES string of the molecule is CN(CCc1ccccn1)S(=O)(=O)c1ccc(N)nc1. The van der Waals surface area contributed by atoms with Gasteiger partial charge in [-0.3, -0.25) is 4.98 Å². The normalized spacial score (nSPS) is 11.7. The lowest BCUT2D eigenvalue weighted by Gasteiger charge is -2.16. The topological polar surface area (TPSA) is 89.2 Å². The summed E-state index contributed by atoms with van der Waals surface area (Å²) in [7, 11) is -2.00. The molecule has 106 valence electrons. The average Bonchev–Trinajstić information content (AvgIpc) is 2.46. The van der Waals surface area contributed by atoms with Crippen molar-refractivity contribution in [2.45, 2.75) is 11.3 Å². The minimum absolute atomic E-state index is 0.134. The molecule has 0 aliphatic heterocycles. The molecule has 2 N–H and O–H groups in total. The van der Waals surface area contributed by atoms with Gasteiger partial charge in [0.15, 0.2) is 0 Å². The van der Waals surface area contributed by atoms with Crippen LogP contribution >= 0.6 is 0 Å². The molecular formula is C13H16N4O2S. The van der Waals surface area contributed by atoms with Crippen molar-refractivity contribution < 1.29 is 8.42 Å². The summed E-state index contributed by atoms with van der Waals surface area (Å²) < 4.78 is 25.9. The van der Waals surface area contributed by atoms with Gasteiger partial charge in [0.05, 0.1) is 0 Å². The number of likely N-dealkylation sites (N-methyl/N-ethyl adjacent to an activating group) is 1. The maximum atomic E-state index is 12.3. The van der Waals surface area contributed by atoms with Crippen LogP contribution in [0.3, 0.4) is 0 Å². The quantitative estimate of drug-likeness (QED) is 0.885. The van der Waals surface area contributed by atoms with Crippen molar-refractivity contribution in [2.24, 2.45) is 0 Å². The van der Waals surface area contributed by atoms with E-state index in [2.05, 4.69) is 9.97 Å². The Morgan fingerprint density at radius 3 is 2.60 bits per heavy atom. The summed E-state index contributed by atoms with van der Waals surface area (Å²) in [6.45, 7) is 0.351. The standard InChI is InChI=1S/C13H16N4O2S/c1-17(9-7-11-4-2-3-8-15-11)20(18,19)12-5-6-13(14)16-10-12/h2-6,8,10H,7,9H2,1H3,(H2,14,16). The molecule has 0 saturated carbocycles. The first-order chi connectivity index (χ1) is 9.50. The van der Waals surface area contributed by atoms with Gasteiger partial charge in [0.25, 0.3) is 0 Å². The third kappa shape index (κ3) is 3.31. The lowest BCUT2D eigenvalue weighted by molar-refractivity contribution is 0.470. The summed E-state index contributed by atoms with van der Waals surface area (Å²) in [6, 6.07) is 8.49. The smallest absolute Gasteiger partial charge is 0.244 e. The molecule has 0 unspecified atom stereocenters. The van der Waals surface area contributed by atoms with Crippen LogP contribution in [-0.2, 0) is 16.4 Å². The van der Waals surface area contributed by atoms with Gasteiger partial charge in [-0.25, -0.2) is 17.7 Å². The fourth-order valence-corrected chi connectivity index (χ4v) is 2.78. The van der Waals surface area contributed by atoms with Crippen molar-refractivity contribution in [3.05, 3.63) is 48.4 Å². The van der Waals surface area contributed by atoms with E-state index in [9.17, 15) is 8.42 Å². The molecule has 0 fully saturated rings. The molecule has 2 heterocycles. The van der Waals surface area contributed by atoms with Gasteiger partial charge in [0, 0.05) is 38.1 Å². The zero-order valence-corrected chi connectivity index (χ0v) is 11.9. The predicted molar refractivity (Wildman–Crippen MR) is 76.4 cm³/mol. The Morgan fingerprint density at radius 1 is 1.20 bits per heavy atom. The van der Waals surface area contributed by atoms with E-state index < -0.39 is 10.0 Å². The van der Waals surface area contributed by atoms with Crippen LogP contribution in [0.2, 0.25) is 0 Å². The van der Waals surface area contributed by atoms with E-state index in [1.165, 1.54) is 29.7 Å². The third-order valence-corrected chi connectivity index (χ3v) is 4.72. The van der Waals surface area contributed by atoms with E-state index in [4.69, 9.17) is 5.73 Å². The number of pyridine rings is 2. The molecule has 20 heavy (non-hydrogen) atoms. The van der Waals surface area contributed by atoms with E-state index in [1.807, 2.05) is 18.2 Å². The van der Waals surface area contributed by atoms with Crippen LogP contribution in [0.25, 0.3) is 0 Å². The fraction of sp³-hybridized carbons (Fsp3) is 0.231. The van der Waals surface area contributed by atoms with E-state index >= 15 is 0 Å². The average molecular weight is 292 g/mol. The van der Waals surface area contributed by atoms with Crippen molar-refractivity contribution in [1.82, 2.24) is 14.3 Å². The maximum absolute atomic E-state index is 12.3. The first-order valence-corrected chi connectivity index (χ1v) is 7.52. The molecular weight excluding hydrogens is 276 g/mol. The highest BCUT2D eigenvalue weighted by molar-refractivity contribution is 7.89. The number of nitrogens with two attached hydrogens (primary N) is 1. The van der Waals surface area contributed by atoms with Crippen molar-refractivity contribution in [3.8, 4) is 0 Å². The van der Waals surface area contributed by atoms with Gasteiger partial charge in [-0.15, -0.1) is 0 Å². The van der Waals surface area contributed by atoms with Gasteiger partial charge in [-0.05, 0) is 24.3 Å². The summed E-state index contributed by atoms with van der Waals surface area (Å²) in [4.78, 5) is 8.11. The van der Waals surface area contributed by atoms with Gasteiger partial charge >= 0.3 is 0 Å². The van der Waals surface area contributed by atoms with Crippen LogP contribution in [0.4, 0.5) is 5.82 Å². The Hall–Kier alpha value is -1.99. The molecule has 0 amide bonds. The molecule has 0 saturated heterocycles.